The molecule has 3 rings (SSSR count). The summed E-state index contributed by atoms with van der Waals surface area (Å²) in [7, 11) is 1.47. The number of hydrogen-bond acceptors (Lipinski definition) is 5. The summed E-state index contributed by atoms with van der Waals surface area (Å²) < 4.78 is 6.96. The number of ether oxygens (including phenoxy) is 1. The van der Waals surface area contributed by atoms with E-state index in [1.165, 1.54) is 12.7 Å². The van der Waals surface area contributed by atoms with Crippen LogP contribution in [0, 0.1) is 5.92 Å². The highest BCUT2D eigenvalue weighted by Gasteiger charge is 2.33. The summed E-state index contributed by atoms with van der Waals surface area (Å²) in [5.74, 6) is 1.01. The fourth-order valence-electron chi connectivity index (χ4n) is 3.64. The second-order valence-corrected chi connectivity index (χ2v) is 6.97. The van der Waals surface area contributed by atoms with Gasteiger partial charge >= 0.3 is 5.97 Å². The first-order valence-corrected chi connectivity index (χ1v) is 8.82. The summed E-state index contributed by atoms with van der Waals surface area (Å²) in [6, 6.07) is 10.7. The summed E-state index contributed by atoms with van der Waals surface area (Å²) in [6.07, 6.45) is 2.43. The molecule has 0 saturated carbocycles. The molecule has 0 bridgehead atoms. The summed E-state index contributed by atoms with van der Waals surface area (Å²) in [6.45, 7) is 6.48. The Hall–Kier alpha value is -2.21. The Morgan fingerprint density at radius 3 is 2.72 bits per heavy atom. The first-order chi connectivity index (χ1) is 12.1. The lowest BCUT2D eigenvalue weighted by Gasteiger charge is -2.36. The SMILES string of the molecule is COC(=O)C1CC(c2ccccc2)CN(Cc2ncnn2C(C)C)C1. The molecule has 0 aliphatic carbocycles. The van der Waals surface area contributed by atoms with Gasteiger partial charge in [-0.3, -0.25) is 9.69 Å². The fourth-order valence-corrected chi connectivity index (χ4v) is 3.64. The highest BCUT2D eigenvalue weighted by molar-refractivity contribution is 5.72. The number of nitrogens with zero attached hydrogens (tertiary/aromatic N) is 4. The number of benzene rings is 1. The third-order valence-corrected chi connectivity index (χ3v) is 4.83. The quantitative estimate of drug-likeness (QED) is 0.782. The van der Waals surface area contributed by atoms with Gasteiger partial charge in [-0.25, -0.2) is 9.67 Å². The number of aromatic nitrogens is 3. The van der Waals surface area contributed by atoms with Crippen molar-refractivity contribution in [1.29, 1.82) is 0 Å². The van der Waals surface area contributed by atoms with Crippen LogP contribution in [0.3, 0.4) is 0 Å². The minimum absolute atomic E-state index is 0.112. The lowest BCUT2D eigenvalue weighted by Crippen LogP contribution is -2.42. The van der Waals surface area contributed by atoms with Crippen molar-refractivity contribution < 1.29 is 9.53 Å². The van der Waals surface area contributed by atoms with Crippen LogP contribution in [-0.4, -0.2) is 45.8 Å². The molecular formula is C19H26N4O2. The van der Waals surface area contributed by atoms with Crippen molar-refractivity contribution in [3.63, 3.8) is 0 Å². The lowest BCUT2D eigenvalue weighted by atomic mass is 9.84. The van der Waals surface area contributed by atoms with Crippen molar-refractivity contribution in [1.82, 2.24) is 19.7 Å². The number of hydrogen-bond donors (Lipinski definition) is 0. The number of carbonyl (C=O) groups excluding carboxylic acids is 1. The molecule has 2 atom stereocenters. The molecule has 1 aromatic heterocycles. The van der Waals surface area contributed by atoms with E-state index >= 15 is 0 Å². The van der Waals surface area contributed by atoms with Crippen molar-refractivity contribution in [2.45, 2.75) is 38.8 Å². The number of carbonyl (C=O) groups is 1. The molecular weight excluding hydrogens is 316 g/mol. The summed E-state index contributed by atoms with van der Waals surface area (Å²) in [5, 5.41) is 4.32. The van der Waals surface area contributed by atoms with Crippen LogP contribution in [0.1, 0.15) is 43.6 Å². The van der Waals surface area contributed by atoms with Gasteiger partial charge in [-0.05, 0) is 31.7 Å². The molecule has 0 radical (unpaired) electrons. The van der Waals surface area contributed by atoms with E-state index < -0.39 is 0 Å². The molecule has 25 heavy (non-hydrogen) atoms. The first kappa shape index (κ1) is 17.6. The fraction of sp³-hybridized carbons (Fsp3) is 0.526. The van der Waals surface area contributed by atoms with Gasteiger partial charge in [-0.1, -0.05) is 30.3 Å². The van der Waals surface area contributed by atoms with E-state index in [1.807, 2.05) is 10.7 Å². The maximum Gasteiger partial charge on any atom is 0.309 e. The van der Waals surface area contributed by atoms with Gasteiger partial charge in [-0.2, -0.15) is 5.10 Å². The van der Waals surface area contributed by atoms with Gasteiger partial charge in [0.1, 0.15) is 12.2 Å². The van der Waals surface area contributed by atoms with Crippen LogP contribution in [0.25, 0.3) is 0 Å². The molecule has 6 heteroatoms. The Morgan fingerprint density at radius 2 is 2.04 bits per heavy atom. The lowest BCUT2D eigenvalue weighted by molar-refractivity contribution is -0.147. The maximum absolute atomic E-state index is 12.2. The molecule has 1 aliphatic rings. The second kappa shape index (κ2) is 7.78. The van der Waals surface area contributed by atoms with Crippen molar-refractivity contribution in [3.8, 4) is 0 Å². The van der Waals surface area contributed by atoms with Crippen LogP contribution < -0.4 is 0 Å². The van der Waals surface area contributed by atoms with Gasteiger partial charge in [0.05, 0.1) is 19.6 Å². The summed E-state index contributed by atoms with van der Waals surface area (Å²) >= 11 is 0. The van der Waals surface area contributed by atoms with E-state index in [0.29, 0.717) is 19.0 Å². The monoisotopic (exact) mass is 342 g/mol. The molecule has 0 amide bonds. The average molecular weight is 342 g/mol. The number of rotatable bonds is 5. The Balaban J connectivity index is 1.80. The summed E-state index contributed by atoms with van der Waals surface area (Å²) in [4.78, 5) is 18.9. The Bertz CT molecular complexity index is 698. The molecule has 134 valence electrons. The zero-order valence-electron chi connectivity index (χ0n) is 15.1. The normalized spacial score (nSPS) is 21.4. The topological polar surface area (TPSA) is 60.2 Å². The molecule has 1 saturated heterocycles. The van der Waals surface area contributed by atoms with E-state index in [4.69, 9.17) is 4.74 Å². The van der Waals surface area contributed by atoms with Crippen LogP contribution in [0.4, 0.5) is 0 Å². The number of likely N-dealkylation sites (tertiary alicyclic amines) is 1. The number of methoxy groups -OCH3 is 1. The molecule has 1 aromatic carbocycles. The Labute approximate surface area is 148 Å². The minimum atomic E-state index is -0.129. The van der Waals surface area contributed by atoms with E-state index in [2.05, 4.69) is 53.1 Å². The molecule has 1 aliphatic heterocycles. The maximum atomic E-state index is 12.2. The van der Waals surface area contributed by atoms with E-state index in [-0.39, 0.29) is 17.9 Å². The summed E-state index contributed by atoms with van der Waals surface area (Å²) in [5.41, 5.74) is 1.27. The zero-order valence-corrected chi connectivity index (χ0v) is 15.1. The molecule has 6 nitrogen and oxygen atoms in total. The highest BCUT2D eigenvalue weighted by atomic mass is 16.5. The van der Waals surface area contributed by atoms with Crippen molar-refractivity contribution in [2.24, 2.45) is 5.92 Å². The minimum Gasteiger partial charge on any atom is -0.469 e. The van der Waals surface area contributed by atoms with Crippen LogP contribution in [0.2, 0.25) is 0 Å². The second-order valence-electron chi connectivity index (χ2n) is 6.97. The highest BCUT2D eigenvalue weighted by Crippen LogP contribution is 2.31. The van der Waals surface area contributed by atoms with E-state index in [0.717, 1.165) is 18.8 Å². The van der Waals surface area contributed by atoms with Gasteiger partial charge in [0.25, 0.3) is 0 Å². The van der Waals surface area contributed by atoms with Gasteiger partial charge in [0, 0.05) is 19.1 Å². The van der Waals surface area contributed by atoms with E-state index in [9.17, 15) is 4.79 Å². The Kier molecular flexibility index (Phi) is 5.48. The molecule has 1 fully saturated rings. The van der Waals surface area contributed by atoms with Crippen LogP contribution in [0.5, 0.6) is 0 Å². The number of esters is 1. The zero-order chi connectivity index (χ0) is 17.8. The average Bonchev–Trinajstić information content (AvgIpc) is 3.10. The molecule has 2 heterocycles. The van der Waals surface area contributed by atoms with Gasteiger partial charge in [0.15, 0.2) is 0 Å². The largest absolute Gasteiger partial charge is 0.469 e. The van der Waals surface area contributed by atoms with Crippen molar-refractivity contribution >= 4 is 5.97 Å². The smallest absolute Gasteiger partial charge is 0.309 e. The molecule has 0 spiro atoms. The molecule has 0 N–H and O–H groups in total. The number of piperidine rings is 1. The third kappa shape index (κ3) is 4.07. The van der Waals surface area contributed by atoms with Crippen LogP contribution in [0.15, 0.2) is 36.7 Å². The first-order valence-electron chi connectivity index (χ1n) is 8.82. The van der Waals surface area contributed by atoms with Gasteiger partial charge < -0.3 is 4.74 Å². The Morgan fingerprint density at radius 1 is 1.28 bits per heavy atom. The predicted octanol–water partition coefficient (Wildman–Crippen LogP) is 2.64. The van der Waals surface area contributed by atoms with Crippen molar-refractivity contribution in [2.75, 3.05) is 20.2 Å². The third-order valence-electron chi connectivity index (χ3n) is 4.83. The molecule has 2 aromatic rings. The van der Waals surface area contributed by atoms with E-state index in [1.54, 1.807) is 6.33 Å². The van der Waals surface area contributed by atoms with Gasteiger partial charge in [0.2, 0.25) is 0 Å². The standard InChI is InChI=1S/C19H26N4O2/c1-14(2)23-18(20-13-21-23)12-22-10-16(15-7-5-4-6-8-15)9-17(11-22)19(24)25-3/h4-8,13-14,16-17H,9-12H2,1-3H3. The van der Waals surface area contributed by atoms with Crippen molar-refractivity contribution in [3.05, 3.63) is 48.0 Å². The molecule has 2 unspecified atom stereocenters. The van der Waals surface area contributed by atoms with Crippen LogP contribution in [-0.2, 0) is 16.1 Å². The van der Waals surface area contributed by atoms with Crippen LogP contribution >= 0.6 is 0 Å². The van der Waals surface area contributed by atoms with Gasteiger partial charge in [-0.15, -0.1) is 0 Å². The predicted molar refractivity (Wildman–Crippen MR) is 95.0 cm³/mol.